The number of hydrogen-bond acceptors (Lipinski definition) is 0. The summed E-state index contributed by atoms with van der Waals surface area (Å²) in [5, 5.41) is 0.973. The molecule has 0 aliphatic carbocycles. The van der Waals surface area contributed by atoms with Gasteiger partial charge in [0.25, 0.3) is 0 Å². The Morgan fingerprint density at radius 1 is 0.733 bits per heavy atom. The lowest BCUT2D eigenvalue weighted by Gasteiger charge is -2.31. The first kappa shape index (κ1) is 22.6. The molecule has 0 aliphatic rings. The third-order valence-corrected chi connectivity index (χ3v) is 6.59. The van der Waals surface area contributed by atoms with Crippen LogP contribution >= 0.6 is 11.6 Å². The largest absolute Gasteiger partial charge is 0.0837 e. The Morgan fingerprint density at radius 2 is 1.20 bits per heavy atom. The zero-order valence-electron chi connectivity index (χ0n) is 19.1. The van der Waals surface area contributed by atoms with Crippen molar-refractivity contribution in [2.75, 3.05) is 0 Å². The van der Waals surface area contributed by atoms with Crippen LogP contribution in [0, 0.1) is 0 Å². The van der Waals surface area contributed by atoms with Crippen LogP contribution in [0.4, 0.5) is 0 Å². The zero-order valence-corrected chi connectivity index (χ0v) is 19.8. The van der Waals surface area contributed by atoms with Gasteiger partial charge in [-0.2, -0.15) is 0 Å². The van der Waals surface area contributed by atoms with Crippen molar-refractivity contribution >= 4 is 11.6 Å². The summed E-state index contributed by atoms with van der Waals surface area (Å²) in [4.78, 5) is 0. The third-order valence-electron chi connectivity index (χ3n) is 6.19. The molecular weight excluding hydrogens is 384 g/mol. The highest BCUT2D eigenvalue weighted by atomic mass is 35.5. The molecule has 30 heavy (non-hydrogen) atoms. The molecule has 0 heterocycles. The van der Waals surface area contributed by atoms with E-state index in [9.17, 15) is 0 Å². The molecule has 0 saturated heterocycles. The highest BCUT2D eigenvalue weighted by molar-refractivity contribution is 6.32. The lowest BCUT2D eigenvalue weighted by molar-refractivity contribution is 0.561. The van der Waals surface area contributed by atoms with E-state index < -0.39 is 0 Å². The van der Waals surface area contributed by atoms with Crippen LogP contribution in [0.2, 0.25) is 5.02 Å². The quantitative estimate of drug-likeness (QED) is 0.359. The minimum atomic E-state index is -0.0124. The van der Waals surface area contributed by atoms with Crippen molar-refractivity contribution in [3.63, 3.8) is 0 Å². The number of halogens is 1. The maximum absolute atomic E-state index is 7.12. The monoisotopic (exact) mass is 418 g/mol. The number of benzene rings is 3. The fourth-order valence-electron chi connectivity index (χ4n) is 4.40. The molecule has 0 saturated carbocycles. The number of rotatable bonds is 7. The molecule has 0 nitrogen and oxygen atoms in total. The van der Waals surface area contributed by atoms with Gasteiger partial charge < -0.3 is 0 Å². The standard InChI is InChI=1S/C29H35Cl/c1-6-21(2)25-17-18-26(27(28(25)30)29(3,4)5)24(19-22-13-9-7-10-14-22)20-23-15-11-8-12-16-23/h7-18,21,24H,6,19-20H2,1-5H3. The van der Waals surface area contributed by atoms with E-state index in [0.717, 1.165) is 24.3 Å². The molecule has 158 valence electrons. The molecular formula is C29H35Cl. The minimum Gasteiger partial charge on any atom is -0.0837 e. The molecule has 1 unspecified atom stereocenters. The van der Waals surface area contributed by atoms with Crippen molar-refractivity contribution in [3.05, 3.63) is 106 Å². The summed E-state index contributed by atoms with van der Waals surface area (Å²) >= 11 is 7.12. The van der Waals surface area contributed by atoms with Gasteiger partial charge in [0.05, 0.1) is 0 Å². The smallest absolute Gasteiger partial charge is 0.0480 e. The Morgan fingerprint density at radius 3 is 1.63 bits per heavy atom. The van der Waals surface area contributed by atoms with Crippen molar-refractivity contribution in [3.8, 4) is 0 Å². The molecule has 0 aliphatic heterocycles. The molecule has 0 aromatic heterocycles. The highest BCUT2D eigenvalue weighted by Crippen LogP contribution is 2.42. The summed E-state index contributed by atoms with van der Waals surface area (Å²) in [5.74, 6) is 0.849. The van der Waals surface area contributed by atoms with E-state index in [-0.39, 0.29) is 5.41 Å². The van der Waals surface area contributed by atoms with Crippen LogP contribution in [0.1, 0.15) is 80.7 Å². The maximum atomic E-state index is 7.12. The Kier molecular flexibility index (Phi) is 7.42. The molecule has 0 fully saturated rings. The van der Waals surface area contributed by atoms with E-state index in [0.29, 0.717) is 11.8 Å². The van der Waals surface area contributed by atoms with Gasteiger partial charge in [0.1, 0.15) is 0 Å². The van der Waals surface area contributed by atoms with Crippen LogP contribution in [0.3, 0.4) is 0 Å². The first-order valence-electron chi connectivity index (χ1n) is 11.2. The van der Waals surface area contributed by atoms with Crippen LogP contribution in [-0.2, 0) is 18.3 Å². The first-order valence-corrected chi connectivity index (χ1v) is 11.6. The summed E-state index contributed by atoms with van der Waals surface area (Å²) in [5.41, 5.74) is 6.74. The summed E-state index contributed by atoms with van der Waals surface area (Å²) in [6.07, 6.45) is 3.12. The summed E-state index contributed by atoms with van der Waals surface area (Å²) in [7, 11) is 0. The summed E-state index contributed by atoms with van der Waals surface area (Å²) < 4.78 is 0. The van der Waals surface area contributed by atoms with Crippen LogP contribution in [0.25, 0.3) is 0 Å². The minimum absolute atomic E-state index is 0.0124. The average molecular weight is 419 g/mol. The molecule has 0 spiro atoms. The van der Waals surface area contributed by atoms with Crippen LogP contribution in [0.5, 0.6) is 0 Å². The van der Waals surface area contributed by atoms with E-state index in [4.69, 9.17) is 11.6 Å². The second kappa shape index (κ2) is 9.84. The Labute approximate surface area is 188 Å². The van der Waals surface area contributed by atoms with Crippen molar-refractivity contribution in [1.82, 2.24) is 0 Å². The molecule has 3 aromatic rings. The highest BCUT2D eigenvalue weighted by Gasteiger charge is 2.28. The van der Waals surface area contributed by atoms with Gasteiger partial charge in [-0.05, 0) is 64.3 Å². The summed E-state index contributed by atoms with van der Waals surface area (Å²) in [6, 6.07) is 26.3. The normalized spacial score (nSPS) is 12.9. The maximum Gasteiger partial charge on any atom is 0.0480 e. The molecule has 1 heteroatoms. The Balaban J connectivity index is 2.12. The predicted molar refractivity (Wildman–Crippen MR) is 132 cm³/mol. The second-order valence-corrected chi connectivity index (χ2v) is 9.95. The van der Waals surface area contributed by atoms with Gasteiger partial charge in [-0.3, -0.25) is 0 Å². The van der Waals surface area contributed by atoms with Gasteiger partial charge in [0.2, 0.25) is 0 Å². The molecule has 3 aromatic carbocycles. The van der Waals surface area contributed by atoms with Crippen molar-refractivity contribution in [2.45, 2.75) is 71.1 Å². The molecule has 3 rings (SSSR count). The van der Waals surface area contributed by atoms with E-state index in [2.05, 4.69) is 107 Å². The van der Waals surface area contributed by atoms with E-state index in [1.807, 2.05) is 0 Å². The van der Waals surface area contributed by atoms with Crippen molar-refractivity contribution < 1.29 is 0 Å². The Hall–Kier alpha value is -2.05. The lowest BCUT2D eigenvalue weighted by Crippen LogP contribution is -2.20. The van der Waals surface area contributed by atoms with Crippen LogP contribution < -0.4 is 0 Å². The first-order chi connectivity index (χ1) is 14.3. The molecule has 1 atom stereocenters. The van der Waals surface area contributed by atoms with Gasteiger partial charge in [-0.15, -0.1) is 0 Å². The van der Waals surface area contributed by atoms with Gasteiger partial charge in [-0.25, -0.2) is 0 Å². The fourth-order valence-corrected chi connectivity index (χ4v) is 5.04. The lowest BCUT2D eigenvalue weighted by atomic mass is 9.75. The predicted octanol–water partition coefficient (Wildman–Crippen LogP) is 8.72. The molecule has 0 amide bonds. The van der Waals surface area contributed by atoms with Crippen LogP contribution in [0.15, 0.2) is 72.8 Å². The van der Waals surface area contributed by atoms with Crippen molar-refractivity contribution in [1.29, 1.82) is 0 Å². The summed E-state index contributed by atoms with van der Waals surface area (Å²) in [6.45, 7) is 11.4. The van der Waals surface area contributed by atoms with Gasteiger partial charge >= 0.3 is 0 Å². The second-order valence-electron chi connectivity index (χ2n) is 9.57. The van der Waals surface area contributed by atoms with Crippen LogP contribution in [-0.4, -0.2) is 0 Å². The van der Waals surface area contributed by atoms with E-state index in [1.54, 1.807) is 0 Å². The number of hydrogen-bond donors (Lipinski definition) is 0. The third kappa shape index (κ3) is 5.35. The molecule has 0 radical (unpaired) electrons. The van der Waals surface area contributed by atoms with E-state index in [1.165, 1.54) is 27.8 Å². The van der Waals surface area contributed by atoms with Gasteiger partial charge in [-0.1, -0.05) is 119 Å². The molecule has 0 N–H and O–H groups in total. The average Bonchev–Trinajstić information content (AvgIpc) is 2.73. The zero-order chi connectivity index (χ0) is 21.7. The van der Waals surface area contributed by atoms with E-state index >= 15 is 0 Å². The fraction of sp³-hybridized carbons (Fsp3) is 0.379. The Bertz CT molecular complexity index is 894. The topological polar surface area (TPSA) is 0 Å². The van der Waals surface area contributed by atoms with Gasteiger partial charge in [0, 0.05) is 5.02 Å². The SMILES string of the molecule is CCC(C)c1ccc(C(Cc2ccccc2)Cc2ccccc2)c(C(C)(C)C)c1Cl. The van der Waals surface area contributed by atoms with Crippen molar-refractivity contribution in [2.24, 2.45) is 0 Å². The van der Waals surface area contributed by atoms with Gasteiger partial charge in [0.15, 0.2) is 0 Å². The molecule has 0 bridgehead atoms.